The highest BCUT2D eigenvalue weighted by molar-refractivity contribution is 4.95. The van der Waals surface area contributed by atoms with Crippen molar-refractivity contribution < 1.29 is 116 Å². The Morgan fingerprint density at radius 3 is 0.915 bits per heavy atom. The van der Waals surface area contributed by atoms with E-state index in [1.807, 2.05) is 0 Å². The Labute approximate surface area is 265 Å². The molecule has 0 aliphatic carbocycles. The Morgan fingerprint density at radius 1 is 0.340 bits per heavy atom. The summed E-state index contributed by atoms with van der Waals surface area (Å²) in [7, 11) is 0. The molecule has 0 unspecified atom stereocenters. The van der Waals surface area contributed by atoms with Gasteiger partial charge in [0.25, 0.3) is 0 Å². The Bertz CT molecular complexity index is 827. The van der Waals surface area contributed by atoms with Crippen LogP contribution >= 0.6 is 0 Å². The summed E-state index contributed by atoms with van der Waals surface area (Å²) in [4.78, 5) is 0. The van der Waals surface area contributed by atoms with E-state index in [4.69, 9.17) is 38.6 Å². The van der Waals surface area contributed by atoms with Crippen LogP contribution in [-0.2, 0) is 28.4 Å². The highest BCUT2D eigenvalue weighted by Crippen LogP contribution is 2.30. The van der Waals surface area contributed by atoms with Gasteiger partial charge in [-0.2, -0.15) is 0 Å². The fourth-order valence-electron chi connectivity index (χ4n) is 5.14. The van der Waals surface area contributed by atoms with Crippen LogP contribution in [0, 0.1) is 0 Å². The van der Waals surface area contributed by atoms with E-state index >= 15 is 0 Å². The van der Waals surface area contributed by atoms with Crippen molar-refractivity contribution in [2.45, 2.75) is 123 Å². The Hall–Kier alpha value is -0.920. The molecule has 23 nitrogen and oxygen atoms in total. The molecule has 0 aromatic carbocycles. The molecule has 4 aliphatic heterocycles. The number of rotatable bonds is 8. The van der Waals surface area contributed by atoms with Gasteiger partial charge in [-0.15, -0.1) is 0 Å². The molecule has 4 rings (SSSR count). The van der Waals surface area contributed by atoms with Crippen molar-refractivity contribution in [3.8, 4) is 0 Å². The lowest BCUT2D eigenvalue weighted by atomic mass is 9.97. The molecule has 18 N–H and O–H groups in total. The first-order valence-electron chi connectivity index (χ1n) is 14.2. The maximum absolute atomic E-state index is 9.94. The zero-order valence-electron chi connectivity index (χ0n) is 24.5. The van der Waals surface area contributed by atoms with Crippen LogP contribution in [0.25, 0.3) is 0 Å². The van der Waals surface area contributed by atoms with Gasteiger partial charge in [0.2, 0.25) is 0 Å². The number of aliphatic hydroxyl groups excluding tert-OH is 16. The number of ether oxygens (including phenoxy) is 6. The summed E-state index contributed by atoms with van der Waals surface area (Å²) in [5.74, 6) is 0. The maximum Gasteiger partial charge on any atom is 0.187 e. The summed E-state index contributed by atoms with van der Waals surface area (Å²) in [6.45, 7) is -2.69. The van der Waals surface area contributed by atoms with Crippen molar-refractivity contribution in [1.29, 1.82) is 0 Å². The highest BCUT2D eigenvalue weighted by Gasteiger charge is 2.51. The molecule has 23 heteroatoms. The fraction of sp³-hybridized carbons (Fsp3) is 1.00. The van der Waals surface area contributed by atoms with Crippen LogP contribution in [0.4, 0.5) is 0 Å². The van der Waals surface area contributed by atoms with Crippen molar-refractivity contribution in [3.63, 3.8) is 0 Å². The number of hydrogen-bond acceptors (Lipinski definition) is 22. The summed E-state index contributed by atoms with van der Waals surface area (Å²) < 4.78 is 30.5. The molecule has 0 saturated carbocycles. The minimum atomic E-state index is -1.74. The topological polar surface area (TPSA) is 411 Å². The lowest BCUT2D eigenvalue weighted by Gasteiger charge is -2.45. The van der Waals surface area contributed by atoms with Gasteiger partial charge in [-0.05, 0) is 0 Å². The van der Waals surface area contributed by atoms with E-state index in [1.165, 1.54) is 0 Å². The minimum absolute atomic E-state index is 0. The summed E-state index contributed by atoms with van der Waals surface area (Å²) in [6, 6.07) is 0. The third kappa shape index (κ3) is 9.25. The molecule has 0 radical (unpaired) electrons. The molecule has 4 aliphatic rings. The van der Waals surface area contributed by atoms with Crippen LogP contribution in [0.3, 0.4) is 0 Å². The van der Waals surface area contributed by atoms with E-state index in [1.54, 1.807) is 0 Å². The molecule has 47 heavy (non-hydrogen) atoms. The first-order valence-corrected chi connectivity index (χ1v) is 14.2. The zero-order chi connectivity index (χ0) is 34.6. The minimum Gasteiger partial charge on any atom is -0.412 e. The standard InChI is InChI=1S/2C12H22O11.H2O/c2*13-1-3-5(15)6(16)9(19)12(22-3)23-10-4(2-14)21-11(20)8(18)7(10)17;/h2*3-20H,1-2H2;1H2/t2*3-,4-,5+,6+,7-,8-,9-,10-,11+,12+;/m11./s1. The number of aliphatic hydroxyl groups is 16. The third-order valence-electron chi connectivity index (χ3n) is 7.96. The summed E-state index contributed by atoms with van der Waals surface area (Å²) in [6.07, 6.45) is -31.1. The Balaban J connectivity index is 0.000000320. The van der Waals surface area contributed by atoms with Gasteiger partial charge >= 0.3 is 0 Å². The van der Waals surface area contributed by atoms with Crippen LogP contribution in [0.2, 0.25) is 0 Å². The van der Waals surface area contributed by atoms with Gasteiger partial charge in [-0.1, -0.05) is 0 Å². The normalized spacial score (nSPS) is 50.6. The van der Waals surface area contributed by atoms with Crippen molar-refractivity contribution in [2.24, 2.45) is 0 Å². The van der Waals surface area contributed by atoms with E-state index in [2.05, 4.69) is 0 Å². The van der Waals surface area contributed by atoms with Gasteiger partial charge in [-0.3, -0.25) is 0 Å². The summed E-state index contributed by atoms with van der Waals surface area (Å²) >= 11 is 0. The number of hydrogen-bond donors (Lipinski definition) is 16. The molecule has 0 aromatic rings. The lowest BCUT2D eigenvalue weighted by Crippen LogP contribution is -2.64. The fourth-order valence-corrected chi connectivity index (χ4v) is 5.14. The predicted octanol–water partition coefficient (Wildman–Crippen LogP) is -11.6. The molecule has 0 bridgehead atoms. The van der Waals surface area contributed by atoms with Gasteiger partial charge in [0.05, 0.1) is 26.4 Å². The second kappa shape index (κ2) is 18.4. The maximum atomic E-state index is 9.94. The van der Waals surface area contributed by atoms with Crippen molar-refractivity contribution in [2.75, 3.05) is 26.4 Å². The van der Waals surface area contributed by atoms with Gasteiger partial charge < -0.3 is 116 Å². The van der Waals surface area contributed by atoms with Gasteiger partial charge in [0.1, 0.15) is 97.7 Å². The first-order chi connectivity index (χ1) is 21.6. The molecule has 4 heterocycles. The average Bonchev–Trinajstić information content (AvgIpc) is 3.05. The van der Waals surface area contributed by atoms with Gasteiger partial charge in [-0.25, -0.2) is 0 Å². The molecule has 4 saturated heterocycles. The van der Waals surface area contributed by atoms with E-state index in [0.717, 1.165) is 0 Å². The van der Waals surface area contributed by atoms with Gasteiger partial charge in [0.15, 0.2) is 25.2 Å². The van der Waals surface area contributed by atoms with Gasteiger partial charge in [0, 0.05) is 0 Å². The largest absolute Gasteiger partial charge is 0.412 e. The lowest BCUT2D eigenvalue weighted by molar-refractivity contribution is -0.355. The first kappa shape index (κ1) is 42.2. The second-order valence-corrected chi connectivity index (χ2v) is 11.1. The summed E-state index contributed by atoms with van der Waals surface area (Å²) in [5.41, 5.74) is 0. The van der Waals surface area contributed by atoms with Crippen molar-refractivity contribution in [1.82, 2.24) is 0 Å². The van der Waals surface area contributed by atoms with E-state index in [9.17, 15) is 71.5 Å². The third-order valence-corrected chi connectivity index (χ3v) is 7.96. The molecule has 0 aromatic heterocycles. The van der Waals surface area contributed by atoms with Crippen LogP contribution in [0.1, 0.15) is 0 Å². The average molecular weight is 703 g/mol. The second-order valence-electron chi connectivity index (χ2n) is 11.1. The predicted molar refractivity (Wildman–Crippen MR) is 141 cm³/mol. The molecular formula is C24H46O23. The highest BCUT2D eigenvalue weighted by atomic mass is 16.7. The molecular weight excluding hydrogens is 656 g/mol. The quantitative estimate of drug-likeness (QED) is 0.112. The van der Waals surface area contributed by atoms with E-state index in [0.29, 0.717) is 0 Å². The van der Waals surface area contributed by atoms with Crippen LogP contribution in [-0.4, -0.2) is 236 Å². The van der Waals surface area contributed by atoms with Crippen molar-refractivity contribution >= 4 is 0 Å². The summed E-state index contributed by atoms with van der Waals surface area (Å²) in [5, 5.41) is 153. The Kier molecular flexibility index (Phi) is 16.5. The molecule has 0 spiro atoms. The zero-order valence-corrected chi connectivity index (χ0v) is 24.5. The molecule has 280 valence electrons. The van der Waals surface area contributed by atoms with Crippen LogP contribution in [0.15, 0.2) is 0 Å². The SMILES string of the molecule is O.OC[C@H]1O[C@@H](O[C@H]2[C@H](O)[C@@H](O)[C@@H](O)O[C@@H]2CO)[C@H](O)[C@@H](O)[C@H]1O.OC[C@H]1O[C@@H](O[C@H]2[C@H](O)[C@@H](O)[C@@H](O)O[C@@H]2CO)[C@H](O)[C@@H](O)[C@H]1O. The smallest absolute Gasteiger partial charge is 0.187 e. The van der Waals surface area contributed by atoms with Crippen molar-refractivity contribution in [3.05, 3.63) is 0 Å². The molecule has 20 atom stereocenters. The van der Waals surface area contributed by atoms with Crippen LogP contribution in [0.5, 0.6) is 0 Å². The monoisotopic (exact) mass is 702 g/mol. The van der Waals surface area contributed by atoms with E-state index < -0.39 is 149 Å². The molecule has 0 amide bonds. The van der Waals surface area contributed by atoms with E-state index in [-0.39, 0.29) is 5.48 Å². The van der Waals surface area contributed by atoms with Crippen LogP contribution < -0.4 is 0 Å². The molecule has 4 fully saturated rings. The Morgan fingerprint density at radius 2 is 0.638 bits per heavy atom.